The number of benzene rings is 1. The van der Waals surface area contributed by atoms with Gasteiger partial charge in [0.05, 0.1) is 12.8 Å². The summed E-state index contributed by atoms with van der Waals surface area (Å²) in [5.41, 5.74) is 3.03. The van der Waals surface area contributed by atoms with Crippen LogP contribution in [-0.4, -0.2) is 36.4 Å². The molecule has 0 saturated carbocycles. The highest BCUT2D eigenvalue weighted by Gasteiger charge is 2.05. The summed E-state index contributed by atoms with van der Waals surface area (Å²) < 4.78 is 20.6. The number of nitrogens with zero attached hydrogens (tertiary/aromatic N) is 3. The number of ether oxygens (including phenoxy) is 1. The summed E-state index contributed by atoms with van der Waals surface area (Å²) in [6.45, 7) is 6.16. The number of aliphatic imine (C=N–C) groups is 1. The fourth-order valence-electron chi connectivity index (χ4n) is 2.56. The maximum absolute atomic E-state index is 13.7. The normalized spacial score (nSPS) is 11.5. The van der Waals surface area contributed by atoms with E-state index in [9.17, 15) is 4.39 Å². The van der Waals surface area contributed by atoms with E-state index in [1.807, 2.05) is 17.7 Å². The summed E-state index contributed by atoms with van der Waals surface area (Å²) in [7, 11) is 3.17. The topological polar surface area (TPSA) is 63.5 Å². The van der Waals surface area contributed by atoms with Gasteiger partial charge in [-0.2, -0.15) is 5.10 Å². The van der Waals surface area contributed by atoms with Crippen LogP contribution in [0.5, 0.6) is 5.75 Å². The van der Waals surface area contributed by atoms with Gasteiger partial charge in [-0.3, -0.25) is 9.67 Å². The minimum atomic E-state index is -0.366. The van der Waals surface area contributed by atoms with Gasteiger partial charge in [-0.25, -0.2) is 4.39 Å². The second kappa shape index (κ2) is 9.05. The molecular formula is C18H26FN5O. The molecule has 1 aromatic heterocycles. The average molecular weight is 347 g/mol. The lowest BCUT2D eigenvalue weighted by Crippen LogP contribution is -2.37. The van der Waals surface area contributed by atoms with E-state index in [0.717, 1.165) is 30.8 Å². The Morgan fingerprint density at radius 2 is 2.08 bits per heavy atom. The van der Waals surface area contributed by atoms with Crippen LogP contribution in [0.4, 0.5) is 4.39 Å². The number of halogens is 1. The highest BCUT2D eigenvalue weighted by Crippen LogP contribution is 2.17. The Labute approximate surface area is 148 Å². The Balaban J connectivity index is 1.75. The lowest BCUT2D eigenvalue weighted by molar-refractivity contribution is 0.386. The van der Waals surface area contributed by atoms with Crippen molar-refractivity contribution in [2.24, 2.45) is 4.99 Å². The Morgan fingerprint density at radius 3 is 2.68 bits per heavy atom. The van der Waals surface area contributed by atoms with Gasteiger partial charge in [0, 0.05) is 32.4 Å². The van der Waals surface area contributed by atoms with E-state index < -0.39 is 0 Å². The molecule has 0 fully saturated rings. The van der Waals surface area contributed by atoms with Crippen molar-refractivity contribution in [3.8, 4) is 5.75 Å². The molecule has 0 aliphatic rings. The molecule has 0 aliphatic heterocycles. The van der Waals surface area contributed by atoms with Gasteiger partial charge in [0.1, 0.15) is 0 Å². The van der Waals surface area contributed by atoms with Gasteiger partial charge in [-0.15, -0.1) is 0 Å². The molecule has 0 spiro atoms. The molecule has 25 heavy (non-hydrogen) atoms. The van der Waals surface area contributed by atoms with Gasteiger partial charge in [-0.1, -0.05) is 6.07 Å². The zero-order valence-corrected chi connectivity index (χ0v) is 15.3. The Kier molecular flexibility index (Phi) is 6.80. The third kappa shape index (κ3) is 5.48. The lowest BCUT2D eigenvalue weighted by Gasteiger charge is -2.13. The molecule has 0 radical (unpaired) electrons. The maximum Gasteiger partial charge on any atom is 0.191 e. The molecule has 1 heterocycles. The van der Waals surface area contributed by atoms with E-state index in [0.29, 0.717) is 12.5 Å². The van der Waals surface area contributed by atoms with Gasteiger partial charge < -0.3 is 15.4 Å². The summed E-state index contributed by atoms with van der Waals surface area (Å²) in [5, 5.41) is 10.9. The predicted molar refractivity (Wildman–Crippen MR) is 97.5 cm³/mol. The standard InChI is InChI=1S/C18H26FN5O/c1-13-10-14(2)24(23-13)9-5-8-21-18(20-3)22-12-15-6-7-17(25-4)16(19)11-15/h6-7,10-11H,5,8-9,12H2,1-4H3,(H2,20,21,22). The number of aryl methyl sites for hydroxylation is 3. The van der Waals surface area contributed by atoms with E-state index in [2.05, 4.69) is 33.7 Å². The summed E-state index contributed by atoms with van der Waals surface area (Å²) in [5.74, 6) is 0.564. The minimum Gasteiger partial charge on any atom is -0.494 e. The molecule has 0 aliphatic carbocycles. The molecule has 2 N–H and O–H groups in total. The number of methoxy groups -OCH3 is 1. The zero-order valence-electron chi connectivity index (χ0n) is 15.3. The minimum absolute atomic E-state index is 0.246. The first-order valence-electron chi connectivity index (χ1n) is 8.31. The summed E-state index contributed by atoms with van der Waals surface area (Å²) in [6.07, 6.45) is 0.930. The van der Waals surface area contributed by atoms with Gasteiger partial charge in [-0.05, 0) is 44.0 Å². The monoisotopic (exact) mass is 347 g/mol. The van der Waals surface area contributed by atoms with E-state index in [-0.39, 0.29) is 11.6 Å². The van der Waals surface area contributed by atoms with Crippen LogP contribution in [-0.2, 0) is 13.1 Å². The summed E-state index contributed by atoms with van der Waals surface area (Å²) in [4.78, 5) is 4.18. The molecule has 0 amide bonds. The molecule has 7 heteroatoms. The lowest BCUT2D eigenvalue weighted by atomic mass is 10.2. The molecule has 0 bridgehead atoms. The quantitative estimate of drug-likeness (QED) is 0.459. The smallest absolute Gasteiger partial charge is 0.191 e. The van der Waals surface area contributed by atoms with Crippen LogP contribution in [0.2, 0.25) is 0 Å². The SMILES string of the molecule is CN=C(NCCCn1nc(C)cc1C)NCc1ccc(OC)c(F)c1. The summed E-state index contributed by atoms with van der Waals surface area (Å²) >= 11 is 0. The van der Waals surface area contributed by atoms with Gasteiger partial charge in [0.15, 0.2) is 17.5 Å². The number of hydrogen-bond donors (Lipinski definition) is 2. The number of hydrogen-bond acceptors (Lipinski definition) is 3. The molecular weight excluding hydrogens is 321 g/mol. The number of aromatic nitrogens is 2. The molecule has 1 aromatic carbocycles. The average Bonchev–Trinajstić information content (AvgIpc) is 2.91. The van der Waals surface area contributed by atoms with Crippen LogP contribution in [0, 0.1) is 19.7 Å². The third-order valence-electron chi connectivity index (χ3n) is 3.84. The second-order valence-corrected chi connectivity index (χ2v) is 5.83. The van der Waals surface area contributed by atoms with Crippen molar-refractivity contribution < 1.29 is 9.13 Å². The number of nitrogens with one attached hydrogen (secondary N) is 2. The summed E-state index contributed by atoms with van der Waals surface area (Å²) in [6, 6.07) is 6.98. The molecule has 6 nitrogen and oxygen atoms in total. The number of rotatable bonds is 7. The van der Waals surface area contributed by atoms with E-state index in [4.69, 9.17) is 4.74 Å². The predicted octanol–water partition coefficient (Wildman–Crippen LogP) is 2.40. The fourth-order valence-corrected chi connectivity index (χ4v) is 2.56. The maximum atomic E-state index is 13.7. The van der Waals surface area contributed by atoms with Crippen LogP contribution >= 0.6 is 0 Å². The van der Waals surface area contributed by atoms with Crippen LogP contribution in [0.1, 0.15) is 23.4 Å². The van der Waals surface area contributed by atoms with Crippen molar-refractivity contribution >= 4 is 5.96 Å². The molecule has 136 valence electrons. The Hall–Kier alpha value is -2.57. The first-order valence-corrected chi connectivity index (χ1v) is 8.31. The highest BCUT2D eigenvalue weighted by molar-refractivity contribution is 5.79. The molecule has 2 aromatic rings. The molecule has 0 saturated heterocycles. The fraction of sp³-hybridized carbons (Fsp3) is 0.444. The molecule has 2 rings (SSSR count). The van der Waals surface area contributed by atoms with Crippen molar-refractivity contribution in [2.75, 3.05) is 20.7 Å². The van der Waals surface area contributed by atoms with Gasteiger partial charge >= 0.3 is 0 Å². The van der Waals surface area contributed by atoms with Crippen molar-refractivity contribution in [3.63, 3.8) is 0 Å². The van der Waals surface area contributed by atoms with Crippen molar-refractivity contribution in [1.82, 2.24) is 20.4 Å². The molecule has 0 atom stereocenters. The highest BCUT2D eigenvalue weighted by atomic mass is 19.1. The van der Waals surface area contributed by atoms with E-state index >= 15 is 0 Å². The first kappa shape index (κ1) is 18.8. The van der Waals surface area contributed by atoms with Crippen LogP contribution in [0.25, 0.3) is 0 Å². The van der Waals surface area contributed by atoms with Crippen LogP contribution in [0.3, 0.4) is 0 Å². The largest absolute Gasteiger partial charge is 0.494 e. The first-order chi connectivity index (χ1) is 12.0. The van der Waals surface area contributed by atoms with Crippen molar-refractivity contribution in [2.45, 2.75) is 33.4 Å². The van der Waals surface area contributed by atoms with Crippen molar-refractivity contribution in [3.05, 3.63) is 47.0 Å². The second-order valence-electron chi connectivity index (χ2n) is 5.83. The molecule has 0 unspecified atom stereocenters. The van der Waals surface area contributed by atoms with Crippen molar-refractivity contribution in [1.29, 1.82) is 0 Å². The van der Waals surface area contributed by atoms with Gasteiger partial charge in [0.2, 0.25) is 0 Å². The number of guanidine groups is 1. The Bertz CT molecular complexity index is 726. The Morgan fingerprint density at radius 1 is 1.28 bits per heavy atom. The van der Waals surface area contributed by atoms with Crippen LogP contribution < -0.4 is 15.4 Å². The van der Waals surface area contributed by atoms with Crippen LogP contribution in [0.15, 0.2) is 29.3 Å². The van der Waals surface area contributed by atoms with E-state index in [1.54, 1.807) is 13.1 Å². The third-order valence-corrected chi connectivity index (χ3v) is 3.84. The zero-order chi connectivity index (χ0) is 18.2. The van der Waals surface area contributed by atoms with E-state index in [1.165, 1.54) is 18.9 Å². The van der Waals surface area contributed by atoms with Gasteiger partial charge in [0.25, 0.3) is 0 Å².